The predicted molar refractivity (Wildman–Crippen MR) is 83.8 cm³/mol. The van der Waals surface area contributed by atoms with Gasteiger partial charge in [-0.25, -0.2) is 4.79 Å². The van der Waals surface area contributed by atoms with Crippen LogP contribution in [0.4, 0.5) is 4.79 Å². The molecule has 1 fully saturated rings. The quantitative estimate of drug-likeness (QED) is 0.733. The van der Waals surface area contributed by atoms with Gasteiger partial charge >= 0.3 is 6.09 Å². The van der Waals surface area contributed by atoms with Gasteiger partial charge in [-0.15, -0.1) is 0 Å². The molecule has 1 aliphatic rings. The summed E-state index contributed by atoms with van der Waals surface area (Å²) in [6, 6.07) is 6.43. The first-order valence-corrected chi connectivity index (χ1v) is 7.83. The highest BCUT2D eigenvalue weighted by Crippen LogP contribution is 2.34. The van der Waals surface area contributed by atoms with E-state index in [1.807, 2.05) is 25.7 Å². The molecule has 0 radical (unpaired) electrons. The molecule has 1 atom stereocenters. The minimum absolute atomic E-state index is 0.136. The second kappa shape index (κ2) is 5.76. The molecule has 4 heteroatoms. The van der Waals surface area contributed by atoms with Crippen molar-refractivity contribution < 1.29 is 9.53 Å². The average molecular weight is 340 g/mol. The molecule has 1 heterocycles. The molecule has 0 aromatic heterocycles. The van der Waals surface area contributed by atoms with Gasteiger partial charge in [-0.05, 0) is 57.7 Å². The van der Waals surface area contributed by atoms with Gasteiger partial charge < -0.3 is 9.64 Å². The SMILES string of the molecule is Cc1cc(C2CCCN2C(=O)OC(C)(C)C)ccc1Br. The third kappa shape index (κ3) is 3.54. The molecule has 110 valence electrons. The zero-order valence-electron chi connectivity index (χ0n) is 12.6. The number of carbonyl (C=O) groups excluding carboxylic acids is 1. The molecule has 1 aromatic carbocycles. The van der Waals surface area contributed by atoms with E-state index in [1.54, 1.807) is 0 Å². The molecule has 0 saturated carbocycles. The number of ether oxygens (including phenoxy) is 1. The third-order valence-corrected chi connectivity index (χ3v) is 4.34. The Hall–Kier alpha value is -1.03. The fourth-order valence-electron chi connectivity index (χ4n) is 2.53. The number of amides is 1. The van der Waals surface area contributed by atoms with Crippen LogP contribution in [-0.4, -0.2) is 23.1 Å². The van der Waals surface area contributed by atoms with E-state index in [1.165, 1.54) is 11.1 Å². The van der Waals surface area contributed by atoms with Gasteiger partial charge in [0, 0.05) is 11.0 Å². The van der Waals surface area contributed by atoms with Crippen LogP contribution in [-0.2, 0) is 4.74 Å². The van der Waals surface area contributed by atoms with Crippen LogP contribution >= 0.6 is 15.9 Å². The van der Waals surface area contributed by atoms with Crippen molar-refractivity contribution >= 4 is 22.0 Å². The van der Waals surface area contributed by atoms with E-state index in [9.17, 15) is 4.79 Å². The van der Waals surface area contributed by atoms with Crippen molar-refractivity contribution in [3.8, 4) is 0 Å². The molecule has 0 bridgehead atoms. The van der Waals surface area contributed by atoms with E-state index in [0.29, 0.717) is 0 Å². The van der Waals surface area contributed by atoms with Crippen molar-refractivity contribution in [3.63, 3.8) is 0 Å². The lowest BCUT2D eigenvalue weighted by Gasteiger charge is -2.29. The summed E-state index contributed by atoms with van der Waals surface area (Å²) in [7, 11) is 0. The number of hydrogen-bond donors (Lipinski definition) is 0. The number of halogens is 1. The van der Waals surface area contributed by atoms with E-state index < -0.39 is 5.60 Å². The Morgan fingerprint density at radius 1 is 1.40 bits per heavy atom. The summed E-state index contributed by atoms with van der Waals surface area (Å²) in [4.78, 5) is 14.1. The molecule has 0 aliphatic carbocycles. The molecular formula is C16H22BrNO2. The van der Waals surface area contributed by atoms with Gasteiger partial charge in [0.15, 0.2) is 0 Å². The molecule has 3 nitrogen and oxygen atoms in total. The molecule has 1 aliphatic heterocycles. The number of carbonyl (C=O) groups is 1. The first-order chi connectivity index (χ1) is 9.28. The Labute approximate surface area is 129 Å². The van der Waals surface area contributed by atoms with Crippen molar-refractivity contribution in [1.82, 2.24) is 4.90 Å². The molecule has 0 spiro atoms. The van der Waals surface area contributed by atoms with E-state index >= 15 is 0 Å². The molecule has 1 unspecified atom stereocenters. The molecule has 1 saturated heterocycles. The van der Waals surface area contributed by atoms with Crippen LogP contribution in [0.25, 0.3) is 0 Å². The van der Waals surface area contributed by atoms with E-state index in [-0.39, 0.29) is 12.1 Å². The van der Waals surface area contributed by atoms with Gasteiger partial charge in [0.1, 0.15) is 5.60 Å². The molecule has 20 heavy (non-hydrogen) atoms. The topological polar surface area (TPSA) is 29.5 Å². The van der Waals surface area contributed by atoms with Crippen LogP contribution in [0.2, 0.25) is 0 Å². The van der Waals surface area contributed by atoms with Gasteiger partial charge in [0.25, 0.3) is 0 Å². The second-order valence-corrected chi connectivity index (χ2v) is 7.19. The molecule has 2 rings (SSSR count). The van der Waals surface area contributed by atoms with Gasteiger partial charge in [-0.2, -0.15) is 0 Å². The van der Waals surface area contributed by atoms with Gasteiger partial charge in [-0.1, -0.05) is 28.1 Å². The van der Waals surface area contributed by atoms with Crippen molar-refractivity contribution in [3.05, 3.63) is 33.8 Å². The highest BCUT2D eigenvalue weighted by molar-refractivity contribution is 9.10. The number of rotatable bonds is 1. The largest absolute Gasteiger partial charge is 0.444 e. The summed E-state index contributed by atoms with van der Waals surface area (Å²) in [5, 5.41) is 0. The highest BCUT2D eigenvalue weighted by atomic mass is 79.9. The number of likely N-dealkylation sites (tertiary alicyclic amines) is 1. The van der Waals surface area contributed by atoms with Crippen molar-refractivity contribution in [1.29, 1.82) is 0 Å². The fraction of sp³-hybridized carbons (Fsp3) is 0.562. The minimum Gasteiger partial charge on any atom is -0.444 e. The van der Waals surface area contributed by atoms with E-state index in [4.69, 9.17) is 4.74 Å². The zero-order chi connectivity index (χ0) is 14.9. The normalized spacial score (nSPS) is 19.2. The number of aryl methyl sites for hydroxylation is 1. The smallest absolute Gasteiger partial charge is 0.410 e. The standard InChI is InChI=1S/C16H22BrNO2/c1-11-10-12(7-8-13(11)17)14-6-5-9-18(14)15(19)20-16(2,3)4/h7-8,10,14H,5-6,9H2,1-4H3. The van der Waals surface area contributed by atoms with E-state index in [0.717, 1.165) is 23.9 Å². The molecule has 1 aromatic rings. The Morgan fingerprint density at radius 3 is 2.70 bits per heavy atom. The monoisotopic (exact) mass is 339 g/mol. The Morgan fingerprint density at radius 2 is 2.10 bits per heavy atom. The number of hydrogen-bond acceptors (Lipinski definition) is 2. The second-order valence-electron chi connectivity index (χ2n) is 6.34. The number of benzene rings is 1. The average Bonchev–Trinajstić information content (AvgIpc) is 2.79. The highest BCUT2D eigenvalue weighted by Gasteiger charge is 2.33. The number of nitrogens with zero attached hydrogens (tertiary/aromatic N) is 1. The van der Waals surface area contributed by atoms with Gasteiger partial charge in [0.05, 0.1) is 6.04 Å². The van der Waals surface area contributed by atoms with Crippen LogP contribution in [0, 0.1) is 6.92 Å². The van der Waals surface area contributed by atoms with E-state index in [2.05, 4.69) is 41.1 Å². The van der Waals surface area contributed by atoms with Crippen LogP contribution < -0.4 is 0 Å². The van der Waals surface area contributed by atoms with Crippen LogP contribution in [0.15, 0.2) is 22.7 Å². The Balaban J connectivity index is 2.18. The molecular weight excluding hydrogens is 318 g/mol. The van der Waals surface area contributed by atoms with Crippen molar-refractivity contribution in [2.75, 3.05) is 6.54 Å². The van der Waals surface area contributed by atoms with Crippen LogP contribution in [0.1, 0.15) is 50.8 Å². The summed E-state index contributed by atoms with van der Waals surface area (Å²) >= 11 is 3.52. The zero-order valence-corrected chi connectivity index (χ0v) is 14.2. The summed E-state index contributed by atoms with van der Waals surface area (Å²) in [5.41, 5.74) is 1.94. The lowest BCUT2D eigenvalue weighted by Crippen LogP contribution is -2.36. The van der Waals surface area contributed by atoms with Crippen molar-refractivity contribution in [2.24, 2.45) is 0 Å². The van der Waals surface area contributed by atoms with Crippen LogP contribution in [0.3, 0.4) is 0 Å². The Kier molecular flexibility index (Phi) is 4.43. The van der Waals surface area contributed by atoms with Crippen molar-refractivity contribution in [2.45, 2.75) is 52.2 Å². The molecule has 0 N–H and O–H groups in total. The maximum absolute atomic E-state index is 12.3. The maximum Gasteiger partial charge on any atom is 0.410 e. The lowest BCUT2D eigenvalue weighted by atomic mass is 10.0. The maximum atomic E-state index is 12.3. The third-order valence-electron chi connectivity index (χ3n) is 3.45. The predicted octanol–water partition coefficient (Wildman–Crippen LogP) is 4.83. The lowest BCUT2D eigenvalue weighted by molar-refractivity contribution is 0.0224. The van der Waals surface area contributed by atoms with Gasteiger partial charge in [0.2, 0.25) is 0 Å². The fourth-order valence-corrected chi connectivity index (χ4v) is 2.77. The summed E-state index contributed by atoms with van der Waals surface area (Å²) in [5.74, 6) is 0. The molecule has 1 amide bonds. The Bertz CT molecular complexity index is 508. The first-order valence-electron chi connectivity index (χ1n) is 7.03. The van der Waals surface area contributed by atoms with Gasteiger partial charge in [-0.3, -0.25) is 0 Å². The summed E-state index contributed by atoms with van der Waals surface area (Å²) in [6.07, 6.45) is 1.82. The first kappa shape index (κ1) is 15.4. The summed E-state index contributed by atoms with van der Waals surface area (Å²) < 4.78 is 6.61. The summed E-state index contributed by atoms with van der Waals surface area (Å²) in [6.45, 7) is 8.55. The van der Waals surface area contributed by atoms with Crippen LogP contribution in [0.5, 0.6) is 0 Å². The minimum atomic E-state index is -0.445.